The van der Waals surface area contributed by atoms with Crippen LogP contribution in [0.25, 0.3) is 11.1 Å². The van der Waals surface area contributed by atoms with E-state index in [1.54, 1.807) is 19.9 Å². The van der Waals surface area contributed by atoms with Crippen molar-refractivity contribution in [3.63, 3.8) is 0 Å². The molecular weight excluding hydrogens is 344 g/mol. The van der Waals surface area contributed by atoms with Gasteiger partial charge in [0.05, 0.1) is 5.25 Å². The maximum absolute atomic E-state index is 12.0. The van der Waals surface area contributed by atoms with Crippen LogP contribution < -0.4 is 10.5 Å². The van der Waals surface area contributed by atoms with Crippen molar-refractivity contribution in [2.24, 2.45) is 5.73 Å². The Morgan fingerprint density at radius 2 is 1.71 bits per heavy atom. The van der Waals surface area contributed by atoms with Gasteiger partial charge < -0.3 is 5.73 Å². The van der Waals surface area contributed by atoms with Crippen LogP contribution in [0.4, 0.5) is 5.69 Å². The lowest BCUT2D eigenvalue weighted by Gasteiger charge is -2.12. The van der Waals surface area contributed by atoms with Crippen molar-refractivity contribution in [1.29, 1.82) is 0 Å². The summed E-state index contributed by atoms with van der Waals surface area (Å²) in [5, 5.41) is -0.465. The van der Waals surface area contributed by atoms with Crippen molar-refractivity contribution >= 4 is 28.1 Å². The number of hydrogen-bond acceptors (Lipinski definition) is 3. The highest BCUT2D eigenvalue weighted by atomic mass is 35.5. The molecule has 0 bridgehead atoms. The fraction of sp³-hybridized carbons (Fsp3) is 0.333. The fourth-order valence-electron chi connectivity index (χ4n) is 2.57. The molecule has 0 radical (unpaired) electrons. The maximum atomic E-state index is 12.0. The van der Waals surface area contributed by atoms with Gasteiger partial charge >= 0.3 is 0 Å². The van der Waals surface area contributed by atoms with Crippen molar-refractivity contribution in [2.75, 3.05) is 4.72 Å². The number of sulfonamides is 1. The molecule has 2 aromatic carbocycles. The van der Waals surface area contributed by atoms with Gasteiger partial charge in [0.15, 0.2) is 0 Å². The molecule has 2 aromatic rings. The molecule has 2 unspecified atom stereocenters. The fourth-order valence-corrected chi connectivity index (χ4v) is 3.26. The Kier molecular flexibility index (Phi) is 5.58. The molecule has 0 spiro atoms. The zero-order valence-corrected chi connectivity index (χ0v) is 15.4. The molecule has 4 nitrogen and oxygen atoms in total. The molecular formula is C18H23ClN2O2S. The Bertz CT molecular complexity index is 804. The Labute approximate surface area is 149 Å². The van der Waals surface area contributed by atoms with E-state index in [9.17, 15) is 8.42 Å². The first-order valence-electron chi connectivity index (χ1n) is 7.84. The minimum absolute atomic E-state index is 0. The van der Waals surface area contributed by atoms with Crippen LogP contribution >= 0.6 is 12.4 Å². The van der Waals surface area contributed by atoms with E-state index in [-0.39, 0.29) is 12.4 Å². The maximum Gasteiger partial charge on any atom is 0.235 e. The Balaban J connectivity index is 0.00000208. The standard InChI is InChI=1S/C18H22N2O2S.ClH/c1-12(2)23(21,22)20-16-5-3-4-15(10-16)13-6-8-14(9-7-13)17-11-18(17)19;/h3-10,12,17-18,20H,11,19H2,1-2H3;1H. The van der Waals surface area contributed by atoms with Crippen molar-refractivity contribution in [1.82, 2.24) is 0 Å². The number of benzene rings is 2. The quantitative estimate of drug-likeness (QED) is 0.846. The normalized spacial score (nSPS) is 19.7. The average Bonchev–Trinajstić information content (AvgIpc) is 3.24. The lowest BCUT2D eigenvalue weighted by molar-refractivity contribution is 0.593. The highest BCUT2D eigenvalue weighted by molar-refractivity contribution is 7.93. The van der Waals surface area contributed by atoms with Crippen molar-refractivity contribution in [3.8, 4) is 11.1 Å². The largest absolute Gasteiger partial charge is 0.327 e. The van der Waals surface area contributed by atoms with Crippen LogP contribution in [0.15, 0.2) is 48.5 Å². The minimum Gasteiger partial charge on any atom is -0.327 e. The number of halogens is 1. The predicted octanol–water partition coefficient (Wildman–Crippen LogP) is 3.74. The van der Waals surface area contributed by atoms with Crippen LogP contribution in [-0.4, -0.2) is 19.7 Å². The molecule has 3 N–H and O–H groups in total. The molecule has 24 heavy (non-hydrogen) atoms. The summed E-state index contributed by atoms with van der Waals surface area (Å²) in [5.74, 6) is 0.494. The first kappa shape index (κ1) is 18.8. The second-order valence-electron chi connectivity index (χ2n) is 6.40. The summed E-state index contributed by atoms with van der Waals surface area (Å²) in [6.07, 6.45) is 1.06. The van der Waals surface area contributed by atoms with E-state index in [0.29, 0.717) is 17.6 Å². The number of anilines is 1. The number of hydrogen-bond donors (Lipinski definition) is 2. The summed E-state index contributed by atoms with van der Waals surface area (Å²) in [4.78, 5) is 0. The van der Waals surface area contributed by atoms with E-state index >= 15 is 0 Å². The number of nitrogens with one attached hydrogen (secondary N) is 1. The van der Waals surface area contributed by atoms with Gasteiger partial charge in [-0.25, -0.2) is 8.42 Å². The summed E-state index contributed by atoms with van der Waals surface area (Å²) >= 11 is 0. The molecule has 1 fully saturated rings. The predicted molar refractivity (Wildman–Crippen MR) is 102 cm³/mol. The molecule has 1 aliphatic rings. The second-order valence-corrected chi connectivity index (χ2v) is 8.64. The molecule has 1 aliphatic carbocycles. The van der Waals surface area contributed by atoms with Gasteiger partial charge in [-0.15, -0.1) is 12.4 Å². The van der Waals surface area contributed by atoms with E-state index in [1.165, 1.54) is 5.56 Å². The van der Waals surface area contributed by atoms with Gasteiger partial charge in [-0.1, -0.05) is 36.4 Å². The Morgan fingerprint density at radius 3 is 2.25 bits per heavy atom. The van der Waals surface area contributed by atoms with Crippen LogP contribution in [0.3, 0.4) is 0 Å². The van der Waals surface area contributed by atoms with E-state index < -0.39 is 15.3 Å². The summed E-state index contributed by atoms with van der Waals surface area (Å²) in [6.45, 7) is 3.32. The summed E-state index contributed by atoms with van der Waals surface area (Å²) in [6, 6.07) is 16.1. The van der Waals surface area contributed by atoms with E-state index in [1.807, 2.05) is 18.2 Å². The highest BCUT2D eigenvalue weighted by Gasteiger charge is 2.34. The van der Waals surface area contributed by atoms with Crippen LogP contribution in [0, 0.1) is 0 Å². The van der Waals surface area contributed by atoms with Crippen LogP contribution in [-0.2, 0) is 10.0 Å². The zero-order chi connectivity index (χ0) is 16.6. The summed E-state index contributed by atoms with van der Waals surface area (Å²) < 4.78 is 26.6. The van der Waals surface area contributed by atoms with Gasteiger partial charge in [0.2, 0.25) is 10.0 Å². The zero-order valence-electron chi connectivity index (χ0n) is 13.8. The van der Waals surface area contributed by atoms with Gasteiger partial charge in [-0.05, 0) is 49.1 Å². The summed E-state index contributed by atoms with van der Waals surface area (Å²) in [5.41, 5.74) is 9.80. The average molecular weight is 367 g/mol. The van der Waals surface area contributed by atoms with E-state index in [0.717, 1.165) is 17.5 Å². The first-order chi connectivity index (χ1) is 10.9. The van der Waals surface area contributed by atoms with Gasteiger partial charge in [-0.3, -0.25) is 4.72 Å². The van der Waals surface area contributed by atoms with Gasteiger partial charge in [0.1, 0.15) is 0 Å². The molecule has 0 aromatic heterocycles. The highest BCUT2D eigenvalue weighted by Crippen LogP contribution is 2.39. The Morgan fingerprint density at radius 1 is 1.08 bits per heavy atom. The summed E-state index contributed by atoms with van der Waals surface area (Å²) in [7, 11) is -3.33. The van der Waals surface area contributed by atoms with E-state index in [2.05, 4.69) is 29.0 Å². The molecule has 0 heterocycles. The SMILES string of the molecule is CC(C)S(=O)(=O)Nc1cccc(-c2ccc(C3CC3N)cc2)c1.Cl. The lowest BCUT2D eigenvalue weighted by atomic mass is 10.0. The number of rotatable bonds is 5. The van der Waals surface area contributed by atoms with Crippen molar-refractivity contribution < 1.29 is 8.42 Å². The molecule has 0 saturated heterocycles. The van der Waals surface area contributed by atoms with Crippen LogP contribution in [0.1, 0.15) is 31.7 Å². The second kappa shape index (κ2) is 7.13. The number of nitrogens with two attached hydrogens (primary N) is 1. The topological polar surface area (TPSA) is 72.2 Å². The van der Waals surface area contributed by atoms with Gasteiger partial charge in [0, 0.05) is 17.6 Å². The molecule has 1 saturated carbocycles. The Hall–Kier alpha value is -1.56. The lowest BCUT2D eigenvalue weighted by Crippen LogP contribution is -2.22. The smallest absolute Gasteiger partial charge is 0.235 e. The molecule has 0 aliphatic heterocycles. The molecule has 6 heteroatoms. The minimum atomic E-state index is -3.33. The molecule has 130 valence electrons. The monoisotopic (exact) mass is 366 g/mol. The third kappa shape index (κ3) is 4.09. The van der Waals surface area contributed by atoms with Gasteiger partial charge in [0.25, 0.3) is 0 Å². The van der Waals surface area contributed by atoms with Crippen LogP contribution in [0.5, 0.6) is 0 Å². The molecule has 3 rings (SSSR count). The first-order valence-corrected chi connectivity index (χ1v) is 9.39. The molecule has 2 atom stereocenters. The third-order valence-electron chi connectivity index (χ3n) is 4.26. The van der Waals surface area contributed by atoms with Crippen LogP contribution in [0.2, 0.25) is 0 Å². The van der Waals surface area contributed by atoms with Crippen molar-refractivity contribution in [3.05, 3.63) is 54.1 Å². The van der Waals surface area contributed by atoms with E-state index in [4.69, 9.17) is 5.73 Å². The van der Waals surface area contributed by atoms with Gasteiger partial charge in [-0.2, -0.15) is 0 Å². The molecule has 0 amide bonds. The van der Waals surface area contributed by atoms with Crippen molar-refractivity contribution in [2.45, 2.75) is 37.5 Å². The third-order valence-corrected chi connectivity index (χ3v) is 6.02.